The fraction of sp³-hybridized carbons (Fsp3) is 0.938. The van der Waals surface area contributed by atoms with Gasteiger partial charge < -0.3 is 10.2 Å². The van der Waals surface area contributed by atoms with Gasteiger partial charge in [-0.05, 0) is 32.2 Å². The second-order valence-electron chi connectivity index (χ2n) is 5.96. The fourth-order valence-electron chi connectivity index (χ4n) is 3.07. The van der Waals surface area contributed by atoms with Crippen molar-refractivity contribution in [3.63, 3.8) is 0 Å². The summed E-state index contributed by atoms with van der Waals surface area (Å²) in [6.07, 6.45) is 7.74. The molecule has 0 radical (unpaired) electrons. The summed E-state index contributed by atoms with van der Waals surface area (Å²) in [4.78, 5) is 15.1. The Kier molecular flexibility index (Phi) is 7.44. The Balaban J connectivity index is 2.70. The van der Waals surface area contributed by atoms with Crippen molar-refractivity contribution in [1.29, 1.82) is 0 Å². The molecule has 1 rings (SSSR count). The molecule has 1 unspecified atom stereocenters. The van der Waals surface area contributed by atoms with Crippen LogP contribution >= 0.6 is 0 Å². The molecule has 1 saturated heterocycles. The molecule has 3 heteroatoms. The van der Waals surface area contributed by atoms with Gasteiger partial charge in [-0.25, -0.2) is 0 Å². The number of carbonyl (C=O) groups is 1. The van der Waals surface area contributed by atoms with E-state index in [1.807, 2.05) is 0 Å². The van der Waals surface area contributed by atoms with Crippen LogP contribution in [0.25, 0.3) is 0 Å². The first-order valence-corrected chi connectivity index (χ1v) is 8.20. The zero-order valence-corrected chi connectivity index (χ0v) is 13.1. The van der Waals surface area contributed by atoms with Gasteiger partial charge in [-0.2, -0.15) is 0 Å². The van der Waals surface area contributed by atoms with Crippen LogP contribution in [0.2, 0.25) is 0 Å². The molecule has 1 aliphatic rings. The number of unbranched alkanes of at least 4 members (excludes halogenated alkanes) is 2. The highest BCUT2D eigenvalue weighted by atomic mass is 16.2. The minimum Gasteiger partial charge on any atom is -0.342 e. The maximum atomic E-state index is 13.0. The summed E-state index contributed by atoms with van der Waals surface area (Å²) in [6, 6.07) is 0. The Hall–Kier alpha value is -0.570. The van der Waals surface area contributed by atoms with Crippen LogP contribution in [-0.2, 0) is 4.79 Å². The number of hydrogen-bond donors (Lipinski definition) is 1. The molecule has 1 atom stereocenters. The van der Waals surface area contributed by atoms with Gasteiger partial charge in [0.05, 0.1) is 5.41 Å². The summed E-state index contributed by atoms with van der Waals surface area (Å²) in [7, 11) is 0. The quantitative estimate of drug-likeness (QED) is 0.696. The highest BCUT2D eigenvalue weighted by Gasteiger charge is 2.42. The van der Waals surface area contributed by atoms with Gasteiger partial charge in [0, 0.05) is 19.6 Å². The monoisotopic (exact) mass is 268 g/mol. The van der Waals surface area contributed by atoms with Gasteiger partial charge in [0.2, 0.25) is 5.91 Å². The van der Waals surface area contributed by atoms with E-state index in [0.717, 1.165) is 71.1 Å². The van der Waals surface area contributed by atoms with Crippen molar-refractivity contribution >= 4 is 5.91 Å². The van der Waals surface area contributed by atoms with Gasteiger partial charge in [-0.15, -0.1) is 0 Å². The molecule has 0 bridgehead atoms. The van der Waals surface area contributed by atoms with Gasteiger partial charge in [0.25, 0.3) is 0 Å². The molecule has 1 fully saturated rings. The second-order valence-corrected chi connectivity index (χ2v) is 5.96. The molecule has 0 aliphatic carbocycles. The fourth-order valence-corrected chi connectivity index (χ4v) is 3.07. The van der Waals surface area contributed by atoms with E-state index < -0.39 is 0 Å². The van der Waals surface area contributed by atoms with Crippen LogP contribution in [0.3, 0.4) is 0 Å². The molecule has 0 aromatic carbocycles. The second kappa shape index (κ2) is 8.57. The summed E-state index contributed by atoms with van der Waals surface area (Å²) in [5.74, 6) is 0.418. The molecular weight excluding hydrogens is 236 g/mol. The third-order valence-corrected chi connectivity index (χ3v) is 4.28. The molecule has 3 nitrogen and oxygen atoms in total. The van der Waals surface area contributed by atoms with Crippen LogP contribution in [0.5, 0.6) is 0 Å². The van der Waals surface area contributed by atoms with E-state index in [1.54, 1.807) is 0 Å². The summed E-state index contributed by atoms with van der Waals surface area (Å²) >= 11 is 0. The Labute approximate surface area is 119 Å². The normalized spacial score (nSPS) is 22.7. The maximum Gasteiger partial charge on any atom is 0.230 e. The molecule has 112 valence electrons. The molecule has 1 N–H and O–H groups in total. The third kappa shape index (κ3) is 4.48. The molecule has 1 aliphatic heterocycles. The van der Waals surface area contributed by atoms with Gasteiger partial charge in [0.1, 0.15) is 0 Å². The van der Waals surface area contributed by atoms with Crippen molar-refractivity contribution in [2.45, 2.75) is 65.7 Å². The first-order valence-electron chi connectivity index (χ1n) is 8.20. The van der Waals surface area contributed by atoms with Crippen LogP contribution in [0.1, 0.15) is 65.7 Å². The zero-order valence-electron chi connectivity index (χ0n) is 13.1. The lowest BCUT2D eigenvalue weighted by molar-refractivity contribution is -0.141. The average Bonchev–Trinajstić information content (AvgIpc) is 2.88. The number of carbonyl (C=O) groups excluding carboxylic acids is 1. The van der Waals surface area contributed by atoms with Crippen molar-refractivity contribution in [3.8, 4) is 0 Å². The summed E-state index contributed by atoms with van der Waals surface area (Å²) < 4.78 is 0. The van der Waals surface area contributed by atoms with Crippen LogP contribution in [0, 0.1) is 5.41 Å². The lowest BCUT2D eigenvalue weighted by atomic mass is 9.81. The summed E-state index contributed by atoms with van der Waals surface area (Å²) in [5.41, 5.74) is -0.101. The number of nitrogens with one attached hydrogen (secondary N) is 1. The van der Waals surface area contributed by atoms with Crippen molar-refractivity contribution in [1.82, 2.24) is 10.2 Å². The highest BCUT2D eigenvalue weighted by Crippen LogP contribution is 2.33. The number of amides is 1. The van der Waals surface area contributed by atoms with Crippen LogP contribution in [-0.4, -0.2) is 37.0 Å². The minimum absolute atomic E-state index is 0.101. The van der Waals surface area contributed by atoms with Crippen molar-refractivity contribution in [2.24, 2.45) is 5.41 Å². The van der Waals surface area contributed by atoms with Crippen molar-refractivity contribution in [3.05, 3.63) is 0 Å². The van der Waals surface area contributed by atoms with E-state index in [4.69, 9.17) is 0 Å². The van der Waals surface area contributed by atoms with Crippen molar-refractivity contribution < 1.29 is 4.79 Å². The van der Waals surface area contributed by atoms with E-state index in [0.29, 0.717) is 5.91 Å². The van der Waals surface area contributed by atoms with E-state index in [2.05, 4.69) is 31.0 Å². The molecule has 0 aromatic heterocycles. The highest BCUT2D eigenvalue weighted by molar-refractivity contribution is 5.83. The molecule has 1 amide bonds. The van der Waals surface area contributed by atoms with E-state index in [-0.39, 0.29) is 5.41 Å². The molecule has 0 saturated carbocycles. The van der Waals surface area contributed by atoms with Gasteiger partial charge in [-0.3, -0.25) is 4.79 Å². The number of rotatable bonds is 9. The minimum atomic E-state index is -0.101. The van der Waals surface area contributed by atoms with E-state index in [1.165, 1.54) is 0 Å². The predicted molar refractivity (Wildman–Crippen MR) is 81.2 cm³/mol. The Morgan fingerprint density at radius 1 is 1.11 bits per heavy atom. The number of nitrogens with zero attached hydrogens (tertiary/aromatic N) is 1. The zero-order chi connectivity index (χ0) is 14.1. The topological polar surface area (TPSA) is 32.3 Å². The Morgan fingerprint density at radius 3 is 2.16 bits per heavy atom. The predicted octanol–water partition coefficient (Wildman–Crippen LogP) is 3.20. The average molecular weight is 268 g/mol. The summed E-state index contributed by atoms with van der Waals surface area (Å²) in [6.45, 7) is 10.4. The van der Waals surface area contributed by atoms with Gasteiger partial charge in [0.15, 0.2) is 0 Å². The molecule has 1 heterocycles. The summed E-state index contributed by atoms with van der Waals surface area (Å²) in [5, 5.41) is 3.40. The first-order chi connectivity index (χ1) is 9.20. The molecular formula is C16H32N2O. The molecule has 0 spiro atoms. The molecule has 19 heavy (non-hydrogen) atoms. The maximum absolute atomic E-state index is 13.0. The molecule has 0 aromatic rings. The van der Waals surface area contributed by atoms with Crippen LogP contribution < -0.4 is 5.32 Å². The largest absolute Gasteiger partial charge is 0.342 e. The third-order valence-electron chi connectivity index (χ3n) is 4.28. The lowest BCUT2D eigenvalue weighted by Crippen LogP contribution is -2.46. The van der Waals surface area contributed by atoms with Gasteiger partial charge in [-0.1, -0.05) is 40.0 Å². The van der Waals surface area contributed by atoms with Crippen LogP contribution in [0.15, 0.2) is 0 Å². The van der Waals surface area contributed by atoms with Crippen LogP contribution in [0.4, 0.5) is 0 Å². The SMILES string of the molecule is CCCCN(CCCC)C(=O)C1(CCC)CCNC1. The lowest BCUT2D eigenvalue weighted by Gasteiger charge is -2.34. The standard InChI is InChI=1S/C16H32N2O/c1-4-7-12-18(13-8-5-2)15(19)16(9-6-3)10-11-17-14-16/h17H,4-14H2,1-3H3. The van der Waals surface area contributed by atoms with Gasteiger partial charge >= 0.3 is 0 Å². The van der Waals surface area contributed by atoms with E-state index >= 15 is 0 Å². The Morgan fingerprint density at radius 2 is 1.74 bits per heavy atom. The Bertz CT molecular complexity index is 251. The van der Waals surface area contributed by atoms with E-state index in [9.17, 15) is 4.79 Å². The smallest absolute Gasteiger partial charge is 0.230 e. The van der Waals surface area contributed by atoms with Crippen molar-refractivity contribution in [2.75, 3.05) is 26.2 Å². The first kappa shape index (κ1) is 16.5. The number of hydrogen-bond acceptors (Lipinski definition) is 2.